The minimum absolute atomic E-state index is 0.0221. The van der Waals surface area contributed by atoms with Gasteiger partial charge in [-0.1, -0.05) is 60.7 Å². The van der Waals surface area contributed by atoms with Gasteiger partial charge < -0.3 is 10.1 Å². The van der Waals surface area contributed by atoms with Crippen molar-refractivity contribution in [2.24, 2.45) is 0 Å². The summed E-state index contributed by atoms with van der Waals surface area (Å²) in [4.78, 5) is 13.7. The quantitative estimate of drug-likeness (QED) is 0.350. The number of carbonyl (C=O) groups is 1. The van der Waals surface area contributed by atoms with Crippen LogP contribution in [0, 0.1) is 0 Å². The highest BCUT2D eigenvalue weighted by Crippen LogP contribution is 2.28. The first-order chi connectivity index (χ1) is 14.7. The number of hydrogen-bond donors (Lipinski definition) is 1. The van der Waals surface area contributed by atoms with Gasteiger partial charge in [-0.25, -0.2) is 0 Å². The van der Waals surface area contributed by atoms with E-state index >= 15 is 0 Å². The molecule has 4 aromatic rings. The van der Waals surface area contributed by atoms with E-state index in [0.717, 1.165) is 21.9 Å². The van der Waals surface area contributed by atoms with Crippen LogP contribution in [0.15, 0.2) is 102 Å². The summed E-state index contributed by atoms with van der Waals surface area (Å²) < 4.78 is 5.80. The van der Waals surface area contributed by atoms with Gasteiger partial charge in [-0.05, 0) is 59.7 Å². The van der Waals surface area contributed by atoms with Gasteiger partial charge in [0.1, 0.15) is 12.4 Å². The zero-order valence-corrected chi connectivity index (χ0v) is 17.6. The van der Waals surface area contributed by atoms with Crippen LogP contribution in [0.2, 0.25) is 0 Å². The van der Waals surface area contributed by atoms with Crippen LogP contribution in [0.5, 0.6) is 5.75 Å². The molecule has 0 aliphatic carbocycles. The third-order valence-corrected chi connectivity index (χ3v) is 5.87. The van der Waals surface area contributed by atoms with E-state index in [0.29, 0.717) is 6.61 Å². The molecule has 0 heterocycles. The molecule has 1 N–H and O–H groups in total. The predicted molar refractivity (Wildman–Crippen MR) is 125 cm³/mol. The maximum atomic E-state index is 12.6. The molecule has 0 unspecified atom stereocenters. The van der Waals surface area contributed by atoms with Gasteiger partial charge in [0.05, 0.1) is 5.25 Å². The topological polar surface area (TPSA) is 38.3 Å². The Hall–Kier alpha value is -3.24. The lowest BCUT2D eigenvalue weighted by Crippen LogP contribution is -2.22. The summed E-state index contributed by atoms with van der Waals surface area (Å²) in [5.41, 5.74) is 1.88. The zero-order valence-electron chi connectivity index (χ0n) is 16.7. The summed E-state index contributed by atoms with van der Waals surface area (Å²) in [6, 6.07) is 32.0. The molecule has 0 aliphatic rings. The normalized spacial score (nSPS) is 11.8. The Kier molecular flexibility index (Phi) is 6.35. The fourth-order valence-electron chi connectivity index (χ4n) is 3.12. The molecule has 0 aromatic heterocycles. The van der Waals surface area contributed by atoms with Crippen LogP contribution in [0.25, 0.3) is 10.8 Å². The van der Waals surface area contributed by atoms with Crippen LogP contribution in [0.4, 0.5) is 5.69 Å². The van der Waals surface area contributed by atoms with E-state index in [1.54, 1.807) is 11.8 Å². The van der Waals surface area contributed by atoms with Gasteiger partial charge in [-0.2, -0.15) is 0 Å². The second-order valence-electron chi connectivity index (χ2n) is 7.06. The smallest absolute Gasteiger partial charge is 0.237 e. The third-order valence-electron chi connectivity index (χ3n) is 4.77. The van der Waals surface area contributed by atoms with Gasteiger partial charge in [0.2, 0.25) is 5.91 Å². The highest BCUT2D eigenvalue weighted by molar-refractivity contribution is 8.00. The summed E-state index contributed by atoms with van der Waals surface area (Å²) in [6.45, 7) is 2.44. The Balaban J connectivity index is 1.32. The van der Waals surface area contributed by atoms with Crippen molar-refractivity contribution in [3.05, 3.63) is 103 Å². The van der Waals surface area contributed by atoms with E-state index in [1.165, 1.54) is 10.8 Å². The molecule has 150 valence electrons. The number of thioether (sulfide) groups is 1. The number of rotatable bonds is 7. The Labute approximate surface area is 181 Å². The Morgan fingerprint density at radius 3 is 2.33 bits per heavy atom. The first-order valence-corrected chi connectivity index (χ1v) is 10.8. The number of nitrogens with one attached hydrogen (secondary N) is 1. The summed E-state index contributed by atoms with van der Waals surface area (Å²) in [5.74, 6) is 0.751. The lowest BCUT2D eigenvalue weighted by atomic mass is 10.1. The molecule has 0 saturated heterocycles. The molecule has 0 radical (unpaired) electrons. The maximum absolute atomic E-state index is 12.6. The monoisotopic (exact) mass is 413 g/mol. The average Bonchev–Trinajstić information content (AvgIpc) is 2.79. The van der Waals surface area contributed by atoms with Gasteiger partial charge in [0.25, 0.3) is 0 Å². The van der Waals surface area contributed by atoms with Crippen molar-refractivity contribution in [2.45, 2.75) is 23.7 Å². The molecular weight excluding hydrogens is 390 g/mol. The van der Waals surface area contributed by atoms with E-state index in [1.807, 2.05) is 73.7 Å². The van der Waals surface area contributed by atoms with Crippen LogP contribution in [0.1, 0.15) is 12.5 Å². The van der Waals surface area contributed by atoms with Crippen molar-refractivity contribution in [1.82, 2.24) is 0 Å². The van der Waals surface area contributed by atoms with Crippen LogP contribution < -0.4 is 10.1 Å². The van der Waals surface area contributed by atoms with Gasteiger partial charge in [0, 0.05) is 10.6 Å². The Morgan fingerprint density at radius 2 is 1.57 bits per heavy atom. The lowest BCUT2D eigenvalue weighted by molar-refractivity contribution is -0.115. The Bertz CT molecular complexity index is 1130. The minimum Gasteiger partial charge on any atom is -0.489 e. The number of amides is 1. The highest BCUT2D eigenvalue weighted by atomic mass is 32.2. The number of benzene rings is 4. The Morgan fingerprint density at radius 1 is 0.867 bits per heavy atom. The summed E-state index contributed by atoms with van der Waals surface area (Å²) >= 11 is 1.56. The van der Waals surface area contributed by atoms with Gasteiger partial charge in [0.15, 0.2) is 0 Å². The van der Waals surface area contributed by atoms with Crippen LogP contribution >= 0.6 is 11.8 Å². The summed E-state index contributed by atoms with van der Waals surface area (Å²) in [5, 5.41) is 5.16. The largest absolute Gasteiger partial charge is 0.489 e. The number of hydrogen-bond acceptors (Lipinski definition) is 3. The number of fused-ring (bicyclic) bond motifs is 1. The maximum Gasteiger partial charge on any atom is 0.237 e. The van der Waals surface area contributed by atoms with Crippen molar-refractivity contribution in [2.75, 3.05) is 5.32 Å². The lowest BCUT2D eigenvalue weighted by Gasteiger charge is -2.13. The second-order valence-corrected chi connectivity index (χ2v) is 8.47. The first kappa shape index (κ1) is 20.0. The van der Waals surface area contributed by atoms with Crippen LogP contribution in [-0.4, -0.2) is 11.2 Å². The molecule has 0 spiro atoms. The fourth-order valence-corrected chi connectivity index (χ4v) is 4.03. The van der Waals surface area contributed by atoms with E-state index in [-0.39, 0.29) is 11.2 Å². The number of carbonyl (C=O) groups excluding carboxylic acids is 1. The molecule has 0 aliphatic heterocycles. The molecule has 0 bridgehead atoms. The molecule has 4 rings (SSSR count). The van der Waals surface area contributed by atoms with E-state index < -0.39 is 0 Å². The molecule has 0 saturated carbocycles. The number of ether oxygens (including phenoxy) is 1. The fraction of sp³-hybridized carbons (Fsp3) is 0.115. The standard InChI is InChI=1S/C26H23NO2S/c1-19(30-25-16-11-21-9-5-6-10-22(21)17-25)26(28)27-23-12-14-24(15-13-23)29-18-20-7-3-2-4-8-20/h2-17,19H,18H2,1H3,(H,27,28)/t19-/m0/s1. The number of anilines is 1. The molecule has 3 nitrogen and oxygen atoms in total. The predicted octanol–water partition coefficient (Wildman–Crippen LogP) is 6.54. The molecule has 1 amide bonds. The highest BCUT2D eigenvalue weighted by Gasteiger charge is 2.15. The van der Waals surface area contributed by atoms with E-state index in [4.69, 9.17) is 4.74 Å². The van der Waals surface area contributed by atoms with E-state index in [2.05, 4.69) is 35.6 Å². The van der Waals surface area contributed by atoms with Crippen LogP contribution in [-0.2, 0) is 11.4 Å². The summed E-state index contributed by atoms with van der Waals surface area (Å²) in [7, 11) is 0. The van der Waals surface area contributed by atoms with Crippen molar-refractivity contribution >= 4 is 34.1 Å². The molecule has 30 heavy (non-hydrogen) atoms. The van der Waals surface area contributed by atoms with Crippen molar-refractivity contribution in [3.8, 4) is 5.75 Å². The van der Waals surface area contributed by atoms with E-state index in [9.17, 15) is 4.79 Å². The molecule has 1 atom stereocenters. The minimum atomic E-state index is -0.208. The van der Waals surface area contributed by atoms with Gasteiger partial charge in [-0.3, -0.25) is 4.79 Å². The molecule has 4 aromatic carbocycles. The van der Waals surface area contributed by atoms with Crippen molar-refractivity contribution in [3.63, 3.8) is 0 Å². The van der Waals surface area contributed by atoms with Crippen LogP contribution in [0.3, 0.4) is 0 Å². The second kappa shape index (κ2) is 9.51. The first-order valence-electron chi connectivity index (χ1n) is 9.90. The molecule has 0 fully saturated rings. The van der Waals surface area contributed by atoms with Gasteiger partial charge in [-0.15, -0.1) is 11.8 Å². The molecular formula is C26H23NO2S. The van der Waals surface area contributed by atoms with Crippen molar-refractivity contribution in [1.29, 1.82) is 0 Å². The average molecular weight is 414 g/mol. The third kappa shape index (κ3) is 5.22. The van der Waals surface area contributed by atoms with Gasteiger partial charge >= 0.3 is 0 Å². The zero-order chi connectivity index (χ0) is 20.8. The van der Waals surface area contributed by atoms with Crippen molar-refractivity contribution < 1.29 is 9.53 Å². The molecule has 4 heteroatoms. The SMILES string of the molecule is C[C@H](Sc1ccc2ccccc2c1)C(=O)Nc1ccc(OCc2ccccc2)cc1. The summed E-state index contributed by atoms with van der Waals surface area (Å²) in [6.07, 6.45) is 0.